The predicted molar refractivity (Wildman–Crippen MR) is 255 cm³/mol. The van der Waals surface area contributed by atoms with Gasteiger partial charge in [-0.3, -0.25) is 28.8 Å². The SMILES string of the molecule is COc1cc(-c2ccc(N/N=C3/C(=O)C(S(=O)(=O)O)=Cc4cc(S(=O)(=O)O)ccc43)c(OC)c2)ccc1N=Nc1cc(S(=O)(=O)O)c(N)cc1N.OCCOCCN(CCOCCO)CCOCCO.[Na+]. The van der Waals surface area contributed by atoms with E-state index in [4.69, 9.17) is 50.5 Å². The van der Waals surface area contributed by atoms with Gasteiger partial charge in [-0.2, -0.15) is 30.4 Å². The van der Waals surface area contributed by atoms with Gasteiger partial charge in [-0.25, -0.2) is 0 Å². The minimum Gasteiger partial charge on any atom is -0.494 e. The van der Waals surface area contributed by atoms with E-state index in [-0.39, 0.29) is 100 Å². The van der Waals surface area contributed by atoms with Crippen LogP contribution in [0.1, 0.15) is 11.1 Å². The molecule has 0 saturated heterocycles. The maximum absolute atomic E-state index is 13.1. The minimum absolute atomic E-state index is 0. The quantitative estimate of drug-likeness (QED) is 0.00998. The van der Waals surface area contributed by atoms with Gasteiger partial charge in [0.05, 0.1) is 95.6 Å². The van der Waals surface area contributed by atoms with Crippen molar-refractivity contribution in [3.05, 3.63) is 82.8 Å². The Hall–Kier alpha value is -4.99. The average Bonchev–Trinajstić information content (AvgIpc) is 3.31. The van der Waals surface area contributed by atoms with E-state index in [1.54, 1.807) is 30.3 Å². The first kappa shape index (κ1) is 60.3. The molecule has 1 aliphatic carbocycles. The first-order valence-corrected chi connectivity index (χ1v) is 24.9. The molecule has 11 N–H and O–H groups in total. The second-order valence-electron chi connectivity index (χ2n) is 14.4. The van der Waals surface area contributed by atoms with Crippen LogP contribution in [0.5, 0.6) is 11.5 Å². The van der Waals surface area contributed by atoms with E-state index in [0.29, 0.717) is 50.8 Å². The van der Waals surface area contributed by atoms with Crippen LogP contribution in [0.2, 0.25) is 0 Å². The van der Waals surface area contributed by atoms with Crippen LogP contribution in [0.4, 0.5) is 28.4 Å². The van der Waals surface area contributed by atoms with E-state index in [1.807, 2.05) is 0 Å². The van der Waals surface area contributed by atoms with Gasteiger partial charge in [0.25, 0.3) is 30.4 Å². The third kappa shape index (κ3) is 17.9. The molecule has 0 atom stereocenters. The summed E-state index contributed by atoms with van der Waals surface area (Å²) in [4.78, 5) is 13.0. The molecule has 25 nitrogen and oxygen atoms in total. The molecule has 4 aromatic rings. The number of hydrogen-bond acceptors (Lipinski definition) is 22. The largest absolute Gasteiger partial charge is 1.00 e. The number of carbonyl (C=O) groups excluding carboxylic acids is 1. The maximum Gasteiger partial charge on any atom is 1.00 e. The topological polar surface area (TPSA) is 391 Å². The van der Waals surface area contributed by atoms with Gasteiger partial charge >= 0.3 is 29.6 Å². The van der Waals surface area contributed by atoms with Gasteiger partial charge in [0.2, 0.25) is 5.78 Å². The number of ketones is 1. The number of benzene rings is 4. The summed E-state index contributed by atoms with van der Waals surface area (Å²) in [6.45, 7) is 4.92. The fraction of sp³-hybridized carbons (Fsp3) is 0.333. The Balaban J connectivity index is 0.000000565. The molecule has 0 aromatic heterocycles. The van der Waals surface area contributed by atoms with Gasteiger partial charge in [0, 0.05) is 25.2 Å². The number of rotatable bonds is 25. The van der Waals surface area contributed by atoms with E-state index in [1.165, 1.54) is 20.3 Å². The zero-order chi connectivity index (χ0) is 51.6. The molecule has 0 spiro atoms. The van der Waals surface area contributed by atoms with Crippen LogP contribution in [-0.4, -0.2) is 164 Å². The van der Waals surface area contributed by atoms with E-state index < -0.39 is 56.5 Å². The van der Waals surface area contributed by atoms with Crippen LogP contribution < -0.4 is 55.9 Å². The molecule has 382 valence electrons. The van der Waals surface area contributed by atoms with E-state index in [0.717, 1.165) is 56.0 Å². The van der Waals surface area contributed by atoms with Crippen molar-refractivity contribution in [1.82, 2.24) is 4.90 Å². The van der Waals surface area contributed by atoms with E-state index >= 15 is 0 Å². The van der Waals surface area contributed by atoms with Gasteiger partial charge < -0.3 is 50.5 Å². The monoisotopic (exact) mass is 1060 g/mol. The summed E-state index contributed by atoms with van der Waals surface area (Å²) in [5.74, 6) is -0.721. The summed E-state index contributed by atoms with van der Waals surface area (Å²) in [7, 11) is -11.7. The number of nitrogens with zero attached hydrogens (tertiary/aromatic N) is 4. The first-order valence-electron chi connectivity index (χ1n) is 20.6. The molecule has 0 heterocycles. The van der Waals surface area contributed by atoms with Gasteiger partial charge in [-0.1, -0.05) is 18.2 Å². The molecule has 0 amide bonds. The number of anilines is 3. The molecular formula is C42H53N7NaO18S3+. The number of azo groups is 1. The van der Waals surface area contributed by atoms with Crippen molar-refractivity contribution >= 4 is 76.4 Å². The van der Waals surface area contributed by atoms with Gasteiger partial charge in [0.15, 0.2) is 0 Å². The van der Waals surface area contributed by atoms with Crippen molar-refractivity contribution in [2.24, 2.45) is 15.3 Å². The molecule has 0 bridgehead atoms. The fourth-order valence-electron chi connectivity index (χ4n) is 6.24. The number of Topliss-reactive ketones (excluding diaryl/α,β-unsaturated/α-hetero) is 1. The summed E-state index contributed by atoms with van der Waals surface area (Å²) in [6.07, 6.45) is 0.768. The summed E-state index contributed by atoms with van der Waals surface area (Å²) in [5, 5.41) is 38.0. The number of nitrogens with one attached hydrogen (secondary N) is 1. The summed E-state index contributed by atoms with van der Waals surface area (Å²) >= 11 is 0. The molecule has 0 saturated carbocycles. The van der Waals surface area contributed by atoms with Crippen LogP contribution in [-0.2, 0) is 49.4 Å². The van der Waals surface area contributed by atoms with Gasteiger partial charge in [-0.15, -0.1) is 10.2 Å². The molecular weight excluding hydrogens is 1010 g/mol. The Morgan fingerprint density at radius 1 is 0.620 bits per heavy atom. The van der Waals surface area contributed by atoms with E-state index in [9.17, 15) is 43.7 Å². The second-order valence-corrected chi connectivity index (χ2v) is 18.6. The predicted octanol–water partition coefficient (Wildman–Crippen LogP) is -0.609. The number of hydrogen-bond donors (Lipinski definition) is 9. The van der Waals surface area contributed by atoms with Crippen LogP contribution in [0.15, 0.2) is 96.8 Å². The zero-order valence-electron chi connectivity index (χ0n) is 38.7. The van der Waals surface area contributed by atoms with Crippen LogP contribution in [0.3, 0.4) is 0 Å². The maximum atomic E-state index is 13.1. The zero-order valence-corrected chi connectivity index (χ0v) is 43.1. The molecule has 71 heavy (non-hydrogen) atoms. The van der Waals surface area contributed by atoms with Crippen molar-refractivity contribution in [2.75, 3.05) is 110 Å². The molecule has 5 rings (SSSR count). The number of ether oxygens (including phenoxy) is 5. The minimum atomic E-state index is -5.07. The van der Waals surface area contributed by atoms with Crippen molar-refractivity contribution in [3.63, 3.8) is 0 Å². The van der Waals surface area contributed by atoms with Crippen molar-refractivity contribution in [3.8, 4) is 22.6 Å². The van der Waals surface area contributed by atoms with Crippen LogP contribution in [0, 0.1) is 0 Å². The molecule has 29 heteroatoms. The second kappa shape index (κ2) is 28.3. The number of aliphatic hydroxyl groups excluding tert-OH is 3. The van der Waals surface area contributed by atoms with Gasteiger partial charge in [-0.05, 0) is 71.3 Å². The number of nitrogens with two attached hydrogens (primary N) is 2. The Morgan fingerprint density at radius 3 is 1.66 bits per heavy atom. The smallest absolute Gasteiger partial charge is 0.494 e. The third-order valence-corrected chi connectivity index (χ3v) is 12.3. The van der Waals surface area contributed by atoms with Gasteiger partial charge in [0.1, 0.15) is 38.4 Å². The van der Waals surface area contributed by atoms with Crippen LogP contribution >= 0.6 is 0 Å². The molecule has 0 fully saturated rings. The number of carbonyl (C=O) groups is 1. The number of aliphatic hydroxyl groups is 3. The normalized spacial score (nSPS) is 13.3. The number of nitrogen functional groups attached to an aromatic ring is 2. The number of hydrazone groups is 1. The summed E-state index contributed by atoms with van der Waals surface area (Å²) in [5.41, 5.74) is 14.9. The summed E-state index contributed by atoms with van der Waals surface area (Å²) in [6, 6.07) is 14.8. The van der Waals surface area contributed by atoms with Crippen molar-refractivity contribution < 1.29 is 112 Å². The number of methoxy groups -OCH3 is 2. The number of allylic oxidation sites excluding steroid dienone is 1. The molecule has 0 aliphatic heterocycles. The standard InChI is InChI=1S/C30H26N6O12S3.C12H27NO6.Na/c1-47-25-10-15(3-7-22(25)33-35-24-14-27(50(41,42)43)21(32)13-20(24)31)16-4-8-23(26(11-16)48-2)34-36-29-19-6-5-18(49(38,39)40)9-17(19)12-28(30(29)37)51(44,45)46;14-4-10-17-7-1-13(2-8-18-11-5-15)3-9-19-12-6-16;/h3-14,34H,31-32H2,1-2H3,(H,38,39,40)(H,41,42,43)(H,44,45,46);14-16H,1-12H2;/q;;+1/b35-33?,36-29+;;. The average molecular weight is 1060 g/mol. The number of fused-ring (bicyclic) bond motifs is 1. The first-order chi connectivity index (χ1) is 33.2. The molecule has 4 aromatic carbocycles. The molecule has 0 radical (unpaired) electrons. The van der Waals surface area contributed by atoms with Crippen LogP contribution in [0.25, 0.3) is 17.2 Å². The van der Waals surface area contributed by atoms with Crippen molar-refractivity contribution in [2.45, 2.75) is 9.79 Å². The molecule has 0 unspecified atom stereocenters. The Labute approximate surface area is 431 Å². The van der Waals surface area contributed by atoms with Crippen molar-refractivity contribution in [1.29, 1.82) is 0 Å². The van der Waals surface area contributed by atoms with E-state index in [2.05, 4.69) is 25.7 Å². The third-order valence-electron chi connectivity index (χ3n) is 9.65. The Bertz CT molecular complexity index is 2880. The molecule has 1 aliphatic rings. The Morgan fingerprint density at radius 2 is 1.15 bits per heavy atom. The summed E-state index contributed by atoms with van der Waals surface area (Å²) < 4.78 is 126. The Kier molecular flexibility index (Phi) is 24.0. The fourth-order valence-corrected chi connectivity index (χ4v) is 7.98.